The third kappa shape index (κ3) is 6.59. The first kappa shape index (κ1) is 25.3. The third-order valence-electron chi connectivity index (χ3n) is 4.82. The number of nitrogens with one attached hydrogen (secondary N) is 2. The van der Waals surface area contributed by atoms with Crippen LogP contribution in [0.1, 0.15) is 11.1 Å². The van der Waals surface area contributed by atoms with Crippen molar-refractivity contribution in [3.63, 3.8) is 0 Å². The Balaban J connectivity index is 1.75. The van der Waals surface area contributed by atoms with Gasteiger partial charge in [-0.25, -0.2) is 4.39 Å². The van der Waals surface area contributed by atoms with Crippen molar-refractivity contribution in [3.8, 4) is 17.6 Å². The number of nitrogens with zero attached hydrogens (tertiary/aromatic N) is 1. The fourth-order valence-electron chi connectivity index (χ4n) is 3.07. The third-order valence-corrected chi connectivity index (χ3v) is 5.10. The molecule has 9 heteroatoms. The van der Waals surface area contributed by atoms with E-state index in [1.165, 1.54) is 43.5 Å². The van der Waals surface area contributed by atoms with Crippen molar-refractivity contribution in [3.05, 3.63) is 88.2 Å². The first-order valence-corrected chi connectivity index (χ1v) is 10.7. The number of ether oxygens (including phenoxy) is 2. The van der Waals surface area contributed by atoms with E-state index in [9.17, 15) is 19.2 Å². The zero-order valence-electron chi connectivity index (χ0n) is 18.9. The van der Waals surface area contributed by atoms with Gasteiger partial charge < -0.3 is 20.1 Å². The van der Waals surface area contributed by atoms with E-state index in [2.05, 4.69) is 10.6 Å². The van der Waals surface area contributed by atoms with Crippen LogP contribution in [0.5, 0.6) is 11.5 Å². The summed E-state index contributed by atoms with van der Waals surface area (Å²) in [5, 5.41) is 14.7. The smallest absolute Gasteiger partial charge is 0.266 e. The minimum absolute atomic E-state index is 0.0210. The van der Waals surface area contributed by atoms with Crippen molar-refractivity contribution in [1.29, 1.82) is 5.26 Å². The first-order valence-electron chi connectivity index (χ1n) is 10.4. The van der Waals surface area contributed by atoms with Crippen LogP contribution >= 0.6 is 11.6 Å². The summed E-state index contributed by atoms with van der Waals surface area (Å²) in [6.45, 7) is 1.38. The van der Waals surface area contributed by atoms with E-state index in [0.29, 0.717) is 11.3 Å². The topological polar surface area (TPSA) is 100 Å². The van der Waals surface area contributed by atoms with Crippen LogP contribution in [0.25, 0.3) is 6.08 Å². The summed E-state index contributed by atoms with van der Waals surface area (Å²) in [4.78, 5) is 24.8. The molecule has 0 saturated heterocycles. The summed E-state index contributed by atoms with van der Waals surface area (Å²) in [5.74, 6) is -1.50. The molecule has 0 unspecified atom stereocenters. The summed E-state index contributed by atoms with van der Waals surface area (Å²) < 4.78 is 24.5. The molecule has 0 bridgehead atoms. The average Bonchev–Trinajstić information content (AvgIpc) is 2.84. The number of anilines is 2. The Morgan fingerprint density at radius 3 is 2.43 bits per heavy atom. The second-order valence-electron chi connectivity index (χ2n) is 7.29. The molecule has 0 atom stereocenters. The Labute approximate surface area is 206 Å². The molecule has 0 aliphatic rings. The van der Waals surface area contributed by atoms with Crippen LogP contribution in [0.4, 0.5) is 15.8 Å². The van der Waals surface area contributed by atoms with Crippen LogP contribution in [-0.2, 0) is 9.59 Å². The SMILES string of the molecule is COc1cc(/C=C(/C#N)C(=O)Nc2ccccc2C)cc(Cl)c1OCC(=O)Nc1ccccc1F. The van der Waals surface area contributed by atoms with Gasteiger partial charge in [-0.05, 0) is 54.5 Å². The Kier molecular flexibility index (Phi) is 8.43. The largest absolute Gasteiger partial charge is 0.493 e. The number of benzene rings is 3. The van der Waals surface area contributed by atoms with Crippen molar-refractivity contribution in [2.24, 2.45) is 0 Å². The van der Waals surface area contributed by atoms with Gasteiger partial charge in [0.25, 0.3) is 11.8 Å². The van der Waals surface area contributed by atoms with Gasteiger partial charge in [-0.1, -0.05) is 41.9 Å². The number of methoxy groups -OCH3 is 1. The predicted octanol–water partition coefficient (Wildman–Crippen LogP) is 5.36. The number of halogens is 2. The number of aryl methyl sites for hydroxylation is 1. The van der Waals surface area contributed by atoms with E-state index in [-0.39, 0.29) is 27.8 Å². The highest BCUT2D eigenvalue weighted by atomic mass is 35.5. The number of amides is 2. The second kappa shape index (κ2) is 11.7. The molecule has 2 amide bonds. The van der Waals surface area contributed by atoms with Crippen LogP contribution in [0.3, 0.4) is 0 Å². The van der Waals surface area contributed by atoms with Gasteiger partial charge in [-0.15, -0.1) is 0 Å². The zero-order chi connectivity index (χ0) is 25.4. The molecule has 0 radical (unpaired) electrons. The van der Waals surface area contributed by atoms with Crippen molar-refractivity contribution in [2.45, 2.75) is 6.92 Å². The Bertz CT molecular complexity index is 1330. The molecule has 7 nitrogen and oxygen atoms in total. The summed E-state index contributed by atoms with van der Waals surface area (Å²) in [6.07, 6.45) is 1.36. The number of nitriles is 1. The van der Waals surface area contributed by atoms with Crippen molar-refractivity contribution in [2.75, 3.05) is 24.4 Å². The summed E-state index contributed by atoms with van der Waals surface area (Å²) in [7, 11) is 1.38. The zero-order valence-corrected chi connectivity index (χ0v) is 19.7. The highest BCUT2D eigenvalue weighted by molar-refractivity contribution is 6.32. The Morgan fingerprint density at radius 1 is 1.09 bits per heavy atom. The van der Waals surface area contributed by atoms with Gasteiger partial charge >= 0.3 is 0 Å². The monoisotopic (exact) mass is 493 g/mol. The van der Waals surface area contributed by atoms with Gasteiger partial charge in [0.05, 0.1) is 17.8 Å². The minimum Gasteiger partial charge on any atom is -0.493 e. The molecule has 0 fully saturated rings. The number of hydrogen-bond donors (Lipinski definition) is 2. The molecule has 2 N–H and O–H groups in total. The molecule has 0 aliphatic heterocycles. The Hall–Kier alpha value is -4.35. The maximum atomic E-state index is 13.7. The lowest BCUT2D eigenvalue weighted by atomic mass is 10.1. The van der Waals surface area contributed by atoms with Crippen LogP contribution in [-0.4, -0.2) is 25.5 Å². The summed E-state index contributed by atoms with van der Waals surface area (Å²) in [5.41, 5.74) is 1.72. The second-order valence-corrected chi connectivity index (χ2v) is 7.70. The summed E-state index contributed by atoms with van der Waals surface area (Å²) >= 11 is 6.33. The van der Waals surface area contributed by atoms with E-state index < -0.39 is 24.2 Å². The van der Waals surface area contributed by atoms with Crippen LogP contribution in [0.15, 0.2) is 66.2 Å². The van der Waals surface area contributed by atoms with E-state index in [4.69, 9.17) is 21.1 Å². The van der Waals surface area contributed by atoms with Crippen molar-refractivity contribution in [1.82, 2.24) is 0 Å². The molecule has 3 aromatic carbocycles. The van der Waals surface area contributed by atoms with Crippen LogP contribution < -0.4 is 20.1 Å². The number of rotatable bonds is 8. The predicted molar refractivity (Wildman–Crippen MR) is 132 cm³/mol. The molecule has 35 heavy (non-hydrogen) atoms. The summed E-state index contributed by atoms with van der Waals surface area (Å²) in [6, 6.07) is 17.8. The van der Waals surface area contributed by atoms with Crippen LogP contribution in [0.2, 0.25) is 5.02 Å². The molecule has 178 valence electrons. The highest BCUT2D eigenvalue weighted by Crippen LogP contribution is 2.37. The van der Waals surface area contributed by atoms with Gasteiger partial charge in [0.1, 0.15) is 17.5 Å². The maximum absolute atomic E-state index is 13.7. The van der Waals surface area contributed by atoms with E-state index in [1.54, 1.807) is 18.2 Å². The number of carbonyl (C=O) groups is 2. The van der Waals surface area contributed by atoms with Crippen molar-refractivity contribution < 1.29 is 23.5 Å². The normalized spacial score (nSPS) is 10.8. The molecule has 3 rings (SSSR count). The van der Waals surface area contributed by atoms with E-state index in [0.717, 1.165) is 5.56 Å². The highest BCUT2D eigenvalue weighted by Gasteiger charge is 2.16. The molecule has 0 heterocycles. The number of para-hydroxylation sites is 2. The fraction of sp³-hybridized carbons (Fsp3) is 0.115. The molecule has 0 aliphatic carbocycles. The number of hydrogen-bond acceptors (Lipinski definition) is 5. The molecule has 0 aromatic heterocycles. The molecule has 0 saturated carbocycles. The Morgan fingerprint density at radius 2 is 1.77 bits per heavy atom. The van der Waals surface area contributed by atoms with Gasteiger partial charge in [0, 0.05) is 5.69 Å². The van der Waals surface area contributed by atoms with E-state index >= 15 is 0 Å². The van der Waals surface area contributed by atoms with Crippen molar-refractivity contribution >= 4 is 40.9 Å². The average molecular weight is 494 g/mol. The van der Waals surface area contributed by atoms with Gasteiger partial charge in [0.2, 0.25) is 0 Å². The van der Waals surface area contributed by atoms with Gasteiger partial charge in [0.15, 0.2) is 18.1 Å². The minimum atomic E-state index is -0.600. The lowest BCUT2D eigenvalue weighted by Gasteiger charge is -2.14. The van der Waals surface area contributed by atoms with E-state index in [1.807, 2.05) is 25.1 Å². The first-order chi connectivity index (χ1) is 16.8. The quantitative estimate of drug-likeness (QED) is 0.325. The molecular weight excluding hydrogens is 473 g/mol. The molecule has 0 spiro atoms. The number of carbonyl (C=O) groups excluding carboxylic acids is 2. The maximum Gasteiger partial charge on any atom is 0.266 e. The molecule has 3 aromatic rings. The van der Waals surface area contributed by atoms with Gasteiger partial charge in [-0.3, -0.25) is 9.59 Å². The van der Waals surface area contributed by atoms with Gasteiger partial charge in [-0.2, -0.15) is 5.26 Å². The lowest BCUT2D eigenvalue weighted by Crippen LogP contribution is -2.21. The standard InChI is InChI=1S/C26H21ClFN3O4/c1-16-7-3-5-9-21(16)31-26(33)18(14-29)11-17-12-19(27)25(23(13-17)34-2)35-15-24(32)30-22-10-6-4-8-20(22)28/h3-13H,15H2,1-2H3,(H,30,32)(H,31,33)/b18-11-. The fourth-order valence-corrected chi connectivity index (χ4v) is 3.34. The van der Waals surface area contributed by atoms with Crippen LogP contribution in [0, 0.1) is 24.1 Å². The lowest BCUT2D eigenvalue weighted by molar-refractivity contribution is -0.118. The molecular formula is C26H21ClFN3O4.